The highest BCUT2D eigenvalue weighted by Crippen LogP contribution is 2.23. The Morgan fingerprint density at radius 3 is 2.39 bits per heavy atom. The quantitative estimate of drug-likeness (QED) is 0.634. The average Bonchev–Trinajstić information content (AvgIpc) is 2.59. The van der Waals surface area contributed by atoms with Crippen molar-refractivity contribution in [2.24, 2.45) is 0 Å². The second-order valence-corrected chi connectivity index (χ2v) is 4.12. The number of nitrogens with one attached hydrogen (secondary N) is 1. The van der Waals surface area contributed by atoms with Crippen LogP contribution >= 0.6 is 0 Å². The number of nitrogens with zero attached hydrogens (tertiary/aromatic N) is 1. The predicted octanol–water partition coefficient (Wildman–Crippen LogP) is 1.31. The van der Waals surface area contributed by atoms with Crippen LogP contribution in [0.3, 0.4) is 0 Å². The first-order valence-electron chi connectivity index (χ1n) is 5.95. The minimum absolute atomic E-state index is 0.00940. The van der Waals surface area contributed by atoms with Crippen LogP contribution < -0.4 is 5.32 Å². The number of rotatable bonds is 5. The molecule has 0 aliphatic carbocycles. The van der Waals surface area contributed by atoms with Crippen molar-refractivity contribution >= 4 is 11.8 Å². The van der Waals surface area contributed by atoms with Crippen LogP contribution in [0.25, 0.3) is 0 Å². The molecule has 0 aliphatic heterocycles. The SMILES string of the molecule is CCn1c(C)c(C(=O)CNC)c(C)c1C(=O)OC. The normalized spacial score (nSPS) is 10.5. The van der Waals surface area contributed by atoms with Crippen molar-refractivity contribution in [2.75, 3.05) is 20.7 Å². The second-order valence-electron chi connectivity index (χ2n) is 4.12. The molecular weight excluding hydrogens is 232 g/mol. The predicted molar refractivity (Wildman–Crippen MR) is 69.2 cm³/mol. The van der Waals surface area contributed by atoms with Crippen molar-refractivity contribution in [2.45, 2.75) is 27.3 Å². The van der Waals surface area contributed by atoms with E-state index in [1.807, 2.05) is 18.4 Å². The van der Waals surface area contributed by atoms with E-state index in [2.05, 4.69) is 5.32 Å². The third-order valence-electron chi connectivity index (χ3n) is 3.08. The Hall–Kier alpha value is -1.62. The van der Waals surface area contributed by atoms with Gasteiger partial charge in [0.25, 0.3) is 0 Å². The Kier molecular flexibility index (Phi) is 4.67. The number of aromatic nitrogens is 1. The summed E-state index contributed by atoms with van der Waals surface area (Å²) in [5, 5.41) is 2.84. The highest BCUT2D eigenvalue weighted by Gasteiger charge is 2.25. The van der Waals surface area contributed by atoms with E-state index in [1.54, 1.807) is 14.0 Å². The Morgan fingerprint density at radius 2 is 1.94 bits per heavy atom. The third-order valence-corrected chi connectivity index (χ3v) is 3.08. The van der Waals surface area contributed by atoms with Gasteiger partial charge in [-0.1, -0.05) is 0 Å². The summed E-state index contributed by atoms with van der Waals surface area (Å²) in [6.45, 7) is 6.46. The van der Waals surface area contributed by atoms with Crippen molar-refractivity contribution in [1.82, 2.24) is 9.88 Å². The van der Waals surface area contributed by atoms with Gasteiger partial charge in [0.1, 0.15) is 5.69 Å². The molecule has 100 valence electrons. The fraction of sp³-hybridized carbons (Fsp3) is 0.538. The first kappa shape index (κ1) is 14.4. The number of hydrogen-bond acceptors (Lipinski definition) is 4. The van der Waals surface area contributed by atoms with Crippen molar-refractivity contribution in [3.8, 4) is 0 Å². The number of hydrogen-bond donors (Lipinski definition) is 1. The molecule has 0 saturated carbocycles. The molecule has 1 N–H and O–H groups in total. The summed E-state index contributed by atoms with van der Waals surface area (Å²) < 4.78 is 6.60. The average molecular weight is 252 g/mol. The lowest BCUT2D eigenvalue weighted by molar-refractivity contribution is 0.0587. The van der Waals surface area contributed by atoms with Crippen LogP contribution in [0.1, 0.15) is 39.0 Å². The third kappa shape index (κ3) is 2.31. The zero-order chi connectivity index (χ0) is 13.9. The second kappa shape index (κ2) is 5.82. The van der Waals surface area contributed by atoms with Gasteiger partial charge in [-0.3, -0.25) is 4.79 Å². The highest BCUT2D eigenvalue weighted by molar-refractivity contribution is 6.03. The molecule has 0 unspecified atom stereocenters. The lowest BCUT2D eigenvalue weighted by Crippen LogP contribution is -2.19. The fourth-order valence-corrected chi connectivity index (χ4v) is 2.31. The maximum atomic E-state index is 12.1. The molecule has 0 bridgehead atoms. The van der Waals surface area contributed by atoms with E-state index >= 15 is 0 Å². The molecule has 0 fully saturated rings. The van der Waals surface area contributed by atoms with Gasteiger partial charge < -0.3 is 14.6 Å². The van der Waals surface area contributed by atoms with E-state index in [0.717, 1.165) is 5.69 Å². The summed E-state index contributed by atoms with van der Waals surface area (Å²) >= 11 is 0. The molecule has 1 rings (SSSR count). The number of likely N-dealkylation sites (N-methyl/N-ethyl adjacent to an activating group) is 1. The Balaban J connectivity index is 3.42. The van der Waals surface area contributed by atoms with Crippen LogP contribution in [0, 0.1) is 13.8 Å². The summed E-state index contributed by atoms with van der Waals surface area (Å²) in [5.41, 5.74) is 2.60. The number of ether oxygens (including phenoxy) is 1. The van der Waals surface area contributed by atoms with Crippen molar-refractivity contribution in [3.63, 3.8) is 0 Å². The Bertz CT molecular complexity index is 475. The molecule has 1 heterocycles. The van der Waals surface area contributed by atoms with Gasteiger partial charge in [0.15, 0.2) is 5.78 Å². The van der Waals surface area contributed by atoms with Gasteiger partial charge in [-0.05, 0) is 33.4 Å². The first-order chi connectivity index (χ1) is 8.49. The molecule has 5 nitrogen and oxygen atoms in total. The maximum Gasteiger partial charge on any atom is 0.354 e. The van der Waals surface area contributed by atoms with Gasteiger partial charge in [-0.15, -0.1) is 0 Å². The monoisotopic (exact) mass is 252 g/mol. The summed E-state index contributed by atoms with van der Waals surface area (Å²) in [4.78, 5) is 23.8. The zero-order valence-electron chi connectivity index (χ0n) is 11.6. The number of Topliss-reactive ketones (excluding diaryl/α,β-unsaturated/α-hetero) is 1. The lowest BCUT2D eigenvalue weighted by Gasteiger charge is -2.07. The zero-order valence-corrected chi connectivity index (χ0v) is 11.6. The minimum atomic E-state index is -0.402. The molecule has 0 spiro atoms. The molecule has 0 aromatic carbocycles. The van der Waals surface area contributed by atoms with Gasteiger partial charge in [0, 0.05) is 17.8 Å². The molecule has 1 aromatic rings. The van der Waals surface area contributed by atoms with Gasteiger partial charge in [-0.25, -0.2) is 4.79 Å². The number of methoxy groups -OCH3 is 1. The van der Waals surface area contributed by atoms with Crippen molar-refractivity contribution in [3.05, 3.63) is 22.5 Å². The van der Waals surface area contributed by atoms with Crippen LogP contribution in [0.15, 0.2) is 0 Å². The Labute approximate surface area is 107 Å². The molecule has 1 aromatic heterocycles. The lowest BCUT2D eigenvalue weighted by atomic mass is 10.1. The van der Waals surface area contributed by atoms with Crippen LogP contribution in [-0.2, 0) is 11.3 Å². The van der Waals surface area contributed by atoms with E-state index < -0.39 is 5.97 Å². The number of ketones is 1. The van der Waals surface area contributed by atoms with Gasteiger partial charge >= 0.3 is 5.97 Å². The van der Waals surface area contributed by atoms with E-state index in [4.69, 9.17) is 4.74 Å². The van der Waals surface area contributed by atoms with Gasteiger partial charge in [-0.2, -0.15) is 0 Å². The van der Waals surface area contributed by atoms with E-state index in [0.29, 0.717) is 23.4 Å². The highest BCUT2D eigenvalue weighted by atomic mass is 16.5. The van der Waals surface area contributed by atoms with Crippen LogP contribution in [-0.4, -0.2) is 37.0 Å². The summed E-state index contributed by atoms with van der Waals surface area (Å²) in [5.74, 6) is -0.411. The molecule has 5 heteroatoms. The Morgan fingerprint density at radius 1 is 1.33 bits per heavy atom. The van der Waals surface area contributed by atoms with Gasteiger partial charge in [0.2, 0.25) is 0 Å². The smallest absolute Gasteiger partial charge is 0.354 e. The molecule has 0 amide bonds. The number of carbonyl (C=O) groups is 2. The molecule has 0 saturated heterocycles. The van der Waals surface area contributed by atoms with E-state index in [-0.39, 0.29) is 12.3 Å². The largest absolute Gasteiger partial charge is 0.464 e. The maximum absolute atomic E-state index is 12.1. The van der Waals surface area contributed by atoms with Crippen molar-refractivity contribution in [1.29, 1.82) is 0 Å². The summed E-state index contributed by atoms with van der Waals surface area (Å²) in [7, 11) is 3.07. The number of carbonyl (C=O) groups excluding carboxylic acids is 2. The standard InChI is InChI=1S/C13H20N2O3/c1-6-15-9(3)11(10(16)7-14-4)8(2)12(15)13(17)18-5/h14H,6-7H2,1-5H3. The summed E-state index contributed by atoms with van der Waals surface area (Å²) in [6, 6.07) is 0. The summed E-state index contributed by atoms with van der Waals surface area (Å²) in [6.07, 6.45) is 0. The van der Waals surface area contributed by atoms with Crippen LogP contribution in [0.4, 0.5) is 0 Å². The topological polar surface area (TPSA) is 60.3 Å². The number of esters is 1. The molecule has 0 aliphatic rings. The van der Waals surface area contributed by atoms with Crippen LogP contribution in [0.5, 0.6) is 0 Å². The first-order valence-corrected chi connectivity index (χ1v) is 5.95. The molecule has 0 atom stereocenters. The minimum Gasteiger partial charge on any atom is -0.464 e. The molecule has 18 heavy (non-hydrogen) atoms. The van der Waals surface area contributed by atoms with Crippen LogP contribution in [0.2, 0.25) is 0 Å². The molecular formula is C13H20N2O3. The van der Waals surface area contributed by atoms with E-state index in [1.165, 1.54) is 7.11 Å². The fourth-order valence-electron chi connectivity index (χ4n) is 2.31. The van der Waals surface area contributed by atoms with E-state index in [9.17, 15) is 9.59 Å². The molecule has 0 radical (unpaired) electrons. The van der Waals surface area contributed by atoms with Gasteiger partial charge in [0.05, 0.1) is 13.7 Å². The van der Waals surface area contributed by atoms with Crippen molar-refractivity contribution < 1.29 is 14.3 Å².